The van der Waals surface area contributed by atoms with E-state index in [0.717, 1.165) is 18.5 Å². The number of hydrogen-bond donors (Lipinski definition) is 2. The summed E-state index contributed by atoms with van der Waals surface area (Å²) in [6, 6.07) is 6.82. The number of nitrogens with one attached hydrogen (secondary N) is 2. The van der Waals surface area contributed by atoms with Crippen LogP contribution in [0.2, 0.25) is 0 Å². The molecule has 2 bridgehead atoms. The molecule has 3 saturated heterocycles. The molecule has 3 unspecified atom stereocenters. The molecule has 5 rings (SSSR count). The second-order valence-corrected chi connectivity index (χ2v) is 8.05. The van der Waals surface area contributed by atoms with Crippen molar-refractivity contribution in [3.63, 3.8) is 0 Å². The van der Waals surface area contributed by atoms with E-state index in [1.165, 1.54) is 12.8 Å². The Morgan fingerprint density at radius 3 is 2.57 bits per heavy atom. The number of halogens is 1. The van der Waals surface area contributed by atoms with E-state index < -0.39 is 0 Å². The number of amides is 2. The van der Waals surface area contributed by atoms with Crippen molar-refractivity contribution in [2.45, 2.75) is 50.2 Å². The smallest absolute Gasteiger partial charge is 0.227 e. The Labute approximate surface area is 170 Å². The Morgan fingerprint density at radius 2 is 1.82 bits per heavy atom. The Balaban J connectivity index is 0.00000192. The standard InChI is InChI=1S/C20H25N3O4.ClH/c24-19-7-12(20(25)22-15-8-13-1-2-14(9-15)21-13)11-23(19)16-3-4-17-18(10-16)27-6-5-26-17;/h3-4,10,12-15,21H,1-2,5-9,11H2,(H,22,25);1H. The number of fused-ring (bicyclic) bond motifs is 3. The van der Waals surface area contributed by atoms with Crippen molar-refractivity contribution in [2.24, 2.45) is 5.92 Å². The minimum absolute atomic E-state index is 0. The molecular formula is C20H26ClN3O4. The number of carbonyl (C=O) groups is 2. The highest BCUT2D eigenvalue weighted by Crippen LogP contribution is 2.36. The minimum atomic E-state index is -0.293. The molecule has 4 heterocycles. The zero-order valence-electron chi connectivity index (χ0n) is 15.7. The summed E-state index contributed by atoms with van der Waals surface area (Å²) in [5.41, 5.74) is 0.763. The van der Waals surface area contributed by atoms with Crippen molar-refractivity contribution in [1.82, 2.24) is 10.6 Å². The van der Waals surface area contributed by atoms with Gasteiger partial charge in [-0.25, -0.2) is 0 Å². The summed E-state index contributed by atoms with van der Waals surface area (Å²) in [6.07, 6.45) is 4.66. The largest absolute Gasteiger partial charge is 0.486 e. The highest BCUT2D eigenvalue weighted by Gasteiger charge is 2.38. The zero-order chi connectivity index (χ0) is 18.4. The summed E-state index contributed by atoms with van der Waals surface area (Å²) >= 11 is 0. The third kappa shape index (κ3) is 3.65. The Hall–Kier alpha value is -1.99. The van der Waals surface area contributed by atoms with Gasteiger partial charge in [0.15, 0.2) is 11.5 Å². The van der Waals surface area contributed by atoms with Gasteiger partial charge in [0.25, 0.3) is 0 Å². The second-order valence-electron chi connectivity index (χ2n) is 8.05. The van der Waals surface area contributed by atoms with Crippen LogP contribution in [0.4, 0.5) is 5.69 Å². The van der Waals surface area contributed by atoms with Gasteiger partial charge in [-0.2, -0.15) is 0 Å². The molecule has 2 amide bonds. The number of benzene rings is 1. The van der Waals surface area contributed by atoms with E-state index in [2.05, 4.69) is 10.6 Å². The lowest BCUT2D eigenvalue weighted by atomic mass is 9.98. The van der Waals surface area contributed by atoms with Gasteiger partial charge in [-0.1, -0.05) is 0 Å². The summed E-state index contributed by atoms with van der Waals surface area (Å²) < 4.78 is 11.1. The predicted molar refractivity (Wildman–Crippen MR) is 106 cm³/mol. The number of hydrogen-bond acceptors (Lipinski definition) is 5. The van der Waals surface area contributed by atoms with Crippen LogP contribution in [0.15, 0.2) is 18.2 Å². The van der Waals surface area contributed by atoms with Gasteiger partial charge in [0, 0.05) is 42.8 Å². The number of piperidine rings is 1. The fraction of sp³-hybridized carbons (Fsp3) is 0.600. The number of carbonyl (C=O) groups excluding carboxylic acids is 2. The van der Waals surface area contributed by atoms with Crippen LogP contribution in [0, 0.1) is 5.92 Å². The lowest BCUT2D eigenvalue weighted by Gasteiger charge is -2.30. The SMILES string of the molecule is Cl.O=C(NC1CC2CCC(C1)N2)C1CC(=O)N(c2ccc3c(c2)OCCO3)C1. The summed E-state index contributed by atoms with van der Waals surface area (Å²) in [4.78, 5) is 27.0. The first-order valence-corrected chi connectivity index (χ1v) is 9.92. The maximum absolute atomic E-state index is 12.7. The molecule has 0 radical (unpaired) electrons. The van der Waals surface area contributed by atoms with Crippen molar-refractivity contribution in [3.05, 3.63) is 18.2 Å². The van der Waals surface area contributed by atoms with Crippen LogP contribution in [-0.2, 0) is 9.59 Å². The topological polar surface area (TPSA) is 79.9 Å². The molecule has 0 aliphatic carbocycles. The van der Waals surface area contributed by atoms with Crippen molar-refractivity contribution >= 4 is 29.9 Å². The van der Waals surface area contributed by atoms with Crippen molar-refractivity contribution in [3.8, 4) is 11.5 Å². The summed E-state index contributed by atoms with van der Waals surface area (Å²) in [7, 11) is 0. The van der Waals surface area contributed by atoms with E-state index >= 15 is 0 Å². The number of rotatable bonds is 3. The van der Waals surface area contributed by atoms with Gasteiger partial charge in [0.1, 0.15) is 13.2 Å². The fourth-order valence-corrected chi connectivity index (χ4v) is 4.83. The third-order valence-electron chi connectivity index (χ3n) is 6.15. The first-order valence-electron chi connectivity index (χ1n) is 9.92. The minimum Gasteiger partial charge on any atom is -0.486 e. The second kappa shape index (κ2) is 7.79. The molecule has 4 aliphatic rings. The molecule has 0 spiro atoms. The summed E-state index contributed by atoms with van der Waals surface area (Å²) in [6.45, 7) is 1.46. The Kier molecular flexibility index (Phi) is 5.38. The van der Waals surface area contributed by atoms with Crippen LogP contribution in [-0.4, -0.2) is 49.7 Å². The van der Waals surface area contributed by atoms with Crippen molar-refractivity contribution in [2.75, 3.05) is 24.7 Å². The van der Waals surface area contributed by atoms with Crippen LogP contribution < -0.4 is 25.0 Å². The predicted octanol–water partition coefficient (Wildman–Crippen LogP) is 1.63. The van der Waals surface area contributed by atoms with Gasteiger partial charge in [0.2, 0.25) is 11.8 Å². The van der Waals surface area contributed by atoms with E-state index in [4.69, 9.17) is 9.47 Å². The lowest BCUT2D eigenvalue weighted by molar-refractivity contribution is -0.127. The highest BCUT2D eigenvalue weighted by molar-refractivity contribution is 6.00. The summed E-state index contributed by atoms with van der Waals surface area (Å²) in [5, 5.41) is 6.79. The molecule has 8 heteroatoms. The van der Waals surface area contributed by atoms with Gasteiger partial charge >= 0.3 is 0 Å². The Bertz CT molecular complexity index is 762. The molecule has 2 N–H and O–H groups in total. The van der Waals surface area contributed by atoms with Crippen LogP contribution in [0.1, 0.15) is 32.1 Å². The van der Waals surface area contributed by atoms with E-state index in [9.17, 15) is 9.59 Å². The maximum Gasteiger partial charge on any atom is 0.227 e. The molecule has 7 nitrogen and oxygen atoms in total. The van der Waals surface area contributed by atoms with E-state index in [1.807, 2.05) is 18.2 Å². The molecule has 152 valence electrons. The molecule has 28 heavy (non-hydrogen) atoms. The maximum atomic E-state index is 12.7. The van der Waals surface area contributed by atoms with Crippen molar-refractivity contribution < 1.29 is 19.1 Å². The number of nitrogens with zero attached hydrogens (tertiary/aromatic N) is 1. The van der Waals surface area contributed by atoms with Gasteiger partial charge in [0.05, 0.1) is 5.92 Å². The van der Waals surface area contributed by atoms with E-state index in [0.29, 0.717) is 43.3 Å². The zero-order valence-corrected chi connectivity index (χ0v) is 16.5. The quantitative estimate of drug-likeness (QED) is 0.796. The first kappa shape index (κ1) is 19.3. The number of ether oxygens (including phenoxy) is 2. The normalized spacial score (nSPS) is 30.7. The highest BCUT2D eigenvalue weighted by atomic mass is 35.5. The average Bonchev–Trinajstić information content (AvgIpc) is 3.23. The Morgan fingerprint density at radius 1 is 1.11 bits per heavy atom. The first-order chi connectivity index (χ1) is 13.2. The van der Waals surface area contributed by atoms with Gasteiger partial charge in [-0.15, -0.1) is 12.4 Å². The molecule has 4 aliphatic heterocycles. The molecule has 3 fully saturated rings. The van der Waals surface area contributed by atoms with E-state index in [-0.39, 0.29) is 42.6 Å². The lowest BCUT2D eigenvalue weighted by Crippen LogP contribution is -2.49. The van der Waals surface area contributed by atoms with Gasteiger partial charge < -0.3 is 25.0 Å². The molecule has 0 aromatic heterocycles. The van der Waals surface area contributed by atoms with E-state index in [1.54, 1.807) is 4.90 Å². The average molecular weight is 408 g/mol. The molecule has 0 saturated carbocycles. The van der Waals surface area contributed by atoms with Gasteiger partial charge in [-0.3, -0.25) is 9.59 Å². The van der Waals surface area contributed by atoms with Crippen LogP contribution in [0.3, 0.4) is 0 Å². The molecule has 3 atom stereocenters. The molecule has 1 aromatic rings. The number of anilines is 1. The summed E-state index contributed by atoms with van der Waals surface area (Å²) in [5.74, 6) is 1.06. The van der Waals surface area contributed by atoms with Crippen molar-refractivity contribution in [1.29, 1.82) is 0 Å². The molecular weight excluding hydrogens is 382 g/mol. The van der Waals surface area contributed by atoms with Gasteiger partial charge in [-0.05, 0) is 37.8 Å². The van der Waals surface area contributed by atoms with Crippen LogP contribution >= 0.6 is 12.4 Å². The molecule has 1 aromatic carbocycles. The van der Waals surface area contributed by atoms with Crippen LogP contribution in [0.5, 0.6) is 11.5 Å². The third-order valence-corrected chi connectivity index (χ3v) is 6.15. The van der Waals surface area contributed by atoms with Crippen LogP contribution in [0.25, 0.3) is 0 Å². The monoisotopic (exact) mass is 407 g/mol. The fourth-order valence-electron chi connectivity index (χ4n) is 4.83.